The zero-order chi connectivity index (χ0) is 8.77. The smallest absolute Gasteiger partial charge is 0.116 e. The molecule has 3 heteroatoms. The van der Waals surface area contributed by atoms with Crippen molar-refractivity contribution in [3.63, 3.8) is 0 Å². The first-order chi connectivity index (χ1) is 5.64. The number of rotatable bonds is 0. The number of fused-ring (bicyclic) bond motifs is 1. The highest BCUT2D eigenvalue weighted by Gasteiger charge is 2.42. The van der Waals surface area contributed by atoms with Gasteiger partial charge in [-0.2, -0.15) is 0 Å². The highest BCUT2D eigenvalue weighted by molar-refractivity contribution is 8.04. The zero-order valence-corrected chi connectivity index (χ0v) is 8.06. The van der Waals surface area contributed by atoms with E-state index >= 15 is 0 Å². The van der Waals surface area contributed by atoms with Crippen molar-refractivity contribution >= 4 is 17.6 Å². The molecule has 2 rings (SSSR count). The van der Waals surface area contributed by atoms with Crippen LogP contribution in [0.1, 0.15) is 13.8 Å². The van der Waals surface area contributed by atoms with E-state index in [1.807, 2.05) is 6.20 Å². The predicted molar refractivity (Wildman–Crippen MR) is 54.0 cm³/mol. The van der Waals surface area contributed by atoms with Crippen LogP contribution in [-0.4, -0.2) is 10.6 Å². The number of hydrogen-bond acceptors (Lipinski definition) is 3. The Morgan fingerprint density at radius 1 is 1.67 bits per heavy atom. The minimum absolute atomic E-state index is 0.0150. The van der Waals surface area contributed by atoms with Crippen molar-refractivity contribution in [1.29, 1.82) is 0 Å². The Balaban J connectivity index is 2.43. The third-order valence-corrected chi connectivity index (χ3v) is 4.02. The number of amidine groups is 1. The molecule has 0 saturated carbocycles. The van der Waals surface area contributed by atoms with Gasteiger partial charge in [0.05, 0.1) is 4.75 Å². The van der Waals surface area contributed by atoms with E-state index in [1.54, 1.807) is 11.8 Å². The molecule has 0 aromatic heterocycles. The molecule has 2 aliphatic rings. The van der Waals surface area contributed by atoms with Crippen LogP contribution < -0.4 is 5.73 Å². The monoisotopic (exact) mass is 180 g/mol. The Bertz CT molecular complexity index is 304. The first-order valence-electron chi connectivity index (χ1n) is 3.99. The molecule has 0 aromatic carbocycles. The van der Waals surface area contributed by atoms with Gasteiger partial charge in [-0.05, 0) is 19.3 Å². The van der Waals surface area contributed by atoms with Crippen molar-refractivity contribution in [1.82, 2.24) is 0 Å². The fourth-order valence-corrected chi connectivity index (χ4v) is 2.85. The number of hydrogen-bond donors (Lipinski definition) is 1. The molecule has 2 unspecified atom stereocenters. The van der Waals surface area contributed by atoms with E-state index in [9.17, 15) is 0 Å². The van der Waals surface area contributed by atoms with Gasteiger partial charge in [0.1, 0.15) is 5.84 Å². The predicted octanol–water partition coefficient (Wildman–Crippen LogP) is 1.90. The standard InChI is InChI=1S/C9H12N2S/c1-6-5-12-9(2)7(6)3-4-11-8(9)10/h3-5,7H,1-2H3,(H2,10,11). The van der Waals surface area contributed by atoms with Crippen LogP contribution in [0.4, 0.5) is 0 Å². The van der Waals surface area contributed by atoms with E-state index in [4.69, 9.17) is 5.73 Å². The highest BCUT2D eigenvalue weighted by Crippen LogP contribution is 2.47. The summed E-state index contributed by atoms with van der Waals surface area (Å²) in [5.41, 5.74) is 7.25. The fourth-order valence-electron chi connectivity index (χ4n) is 1.69. The number of nitrogens with two attached hydrogens (primary N) is 1. The molecular formula is C9H12N2S. The van der Waals surface area contributed by atoms with Crippen LogP contribution in [0, 0.1) is 5.92 Å². The molecule has 0 spiro atoms. The molecule has 2 nitrogen and oxygen atoms in total. The van der Waals surface area contributed by atoms with Crippen LogP contribution in [0.3, 0.4) is 0 Å². The summed E-state index contributed by atoms with van der Waals surface area (Å²) in [4.78, 5) is 4.14. The van der Waals surface area contributed by atoms with Gasteiger partial charge in [0.2, 0.25) is 0 Å². The molecule has 0 radical (unpaired) electrons. The average molecular weight is 180 g/mol. The number of aliphatic imine (C=N–C) groups is 1. The largest absolute Gasteiger partial charge is 0.386 e. The average Bonchev–Trinajstić information content (AvgIpc) is 2.33. The second-order valence-electron chi connectivity index (χ2n) is 3.42. The summed E-state index contributed by atoms with van der Waals surface area (Å²) in [6.07, 6.45) is 3.94. The van der Waals surface area contributed by atoms with Crippen LogP contribution in [0.25, 0.3) is 0 Å². The lowest BCUT2D eigenvalue weighted by atomic mass is 9.86. The molecule has 0 saturated heterocycles. The van der Waals surface area contributed by atoms with E-state index in [2.05, 4.69) is 30.3 Å². The molecule has 0 amide bonds. The summed E-state index contributed by atoms with van der Waals surface area (Å²) in [6, 6.07) is 0. The Kier molecular flexibility index (Phi) is 1.58. The van der Waals surface area contributed by atoms with Gasteiger partial charge >= 0.3 is 0 Å². The van der Waals surface area contributed by atoms with E-state index < -0.39 is 0 Å². The molecular weight excluding hydrogens is 168 g/mol. The quantitative estimate of drug-likeness (QED) is 0.618. The van der Waals surface area contributed by atoms with Crippen LogP contribution in [0.5, 0.6) is 0 Å². The molecule has 0 bridgehead atoms. The van der Waals surface area contributed by atoms with Crippen LogP contribution in [0.2, 0.25) is 0 Å². The molecule has 12 heavy (non-hydrogen) atoms. The molecule has 64 valence electrons. The van der Waals surface area contributed by atoms with Crippen molar-refractivity contribution in [2.24, 2.45) is 16.6 Å². The Morgan fingerprint density at radius 2 is 2.42 bits per heavy atom. The molecule has 2 aliphatic heterocycles. The van der Waals surface area contributed by atoms with E-state index in [-0.39, 0.29) is 4.75 Å². The van der Waals surface area contributed by atoms with Crippen LogP contribution in [0.15, 0.2) is 28.2 Å². The van der Waals surface area contributed by atoms with Gasteiger partial charge in [-0.3, -0.25) is 0 Å². The van der Waals surface area contributed by atoms with Crippen molar-refractivity contribution in [3.05, 3.63) is 23.3 Å². The van der Waals surface area contributed by atoms with Gasteiger partial charge in [0.25, 0.3) is 0 Å². The summed E-state index contributed by atoms with van der Waals surface area (Å²) < 4.78 is -0.0150. The number of nitrogens with zero attached hydrogens (tertiary/aromatic N) is 1. The van der Waals surface area contributed by atoms with Crippen molar-refractivity contribution in [3.8, 4) is 0 Å². The maximum absolute atomic E-state index is 5.86. The van der Waals surface area contributed by atoms with Gasteiger partial charge < -0.3 is 5.73 Å². The normalized spacial score (nSPS) is 39.0. The molecule has 2 N–H and O–H groups in total. The number of allylic oxidation sites excluding steroid dienone is 2. The Morgan fingerprint density at radius 3 is 3.08 bits per heavy atom. The minimum Gasteiger partial charge on any atom is -0.386 e. The maximum Gasteiger partial charge on any atom is 0.116 e. The summed E-state index contributed by atoms with van der Waals surface area (Å²) in [5, 5.41) is 2.18. The Labute approximate surface area is 76.6 Å². The topological polar surface area (TPSA) is 38.4 Å². The van der Waals surface area contributed by atoms with E-state index in [1.165, 1.54) is 5.57 Å². The Hall–Kier alpha value is -0.700. The van der Waals surface area contributed by atoms with Gasteiger partial charge in [-0.25, -0.2) is 4.99 Å². The zero-order valence-electron chi connectivity index (χ0n) is 7.24. The molecule has 0 aromatic rings. The lowest BCUT2D eigenvalue weighted by molar-refractivity contribution is 0.662. The van der Waals surface area contributed by atoms with Crippen molar-refractivity contribution in [2.45, 2.75) is 18.6 Å². The summed E-state index contributed by atoms with van der Waals surface area (Å²) in [7, 11) is 0. The lowest BCUT2D eigenvalue weighted by Gasteiger charge is -2.31. The first-order valence-corrected chi connectivity index (χ1v) is 4.87. The second-order valence-corrected chi connectivity index (χ2v) is 4.74. The summed E-state index contributed by atoms with van der Waals surface area (Å²) in [5.74, 6) is 1.19. The highest BCUT2D eigenvalue weighted by atomic mass is 32.2. The molecule has 0 fully saturated rings. The third-order valence-electron chi connectivity index (χ3n) is 2.57. The summed E-state index contributed by atoms with van der Waals surface area (Å²) in [6.45, 7) is 4.30. The van der Waals surface area contributed by atoms with Crippen molar-refractivity contribution < 1.29 is 0 Å². The molecule has 0 aliphatic carbocycles. The first kappa shape index (κ1) is 7.92. The lowest BCUT2D eigenvalue weighted by Crippen LogP contribution is -2.43. The van der Waals surface area contributed by atoms with Crippen LogP contribution in [-0.2, 0) is 0 Å². The SMILES string of the molecule is CC1=CSC2(C)C(N)=NC=CC12. The third kappa shape index (κ3) is 0.860. The van der Waals surface area contributed by atoms with Crippen molar-refractivity contribution in [2.75, 3.05) is 0 Å². The maximum atomic E-state index is 5.86. The number of thioether (sulfide) groups is 1. The van der Waals surface area contributed by atoms with Crippen LogP contribution >= 0.6 is 11.8 Å². The second kappa shape index (κ2) is 2.39. The summed E-state index contributed by atoms with van der Waals surface area (Å²) >= 11 is 1.78. The van der Waals surface area contributed by atoms with E-state index in [0.29, 0.717) is 5.92 Å². The molecule has 2 atom stereocenters. The molecule has 2 heterocycles. The fraction of sp³-hybridized carbons (Fsp3) is 0.444. The minimum atomic E-state index is -0.0150. The van der Waals surface area contributed by atoms with Gasteiger partial charge in [0, 0.05) is 12.1 Å². The van der Waals surface area contributed by atoms with E-state index in [0.717, 1.165) is 5.84 Å². The van der Waals surface area contributed by atoms with Gasteiger partial charge in [0.15, 0.2) is 0 Å². The van der Waals surface area contributed by atoms with Gasteiger partial charge in [-0.1, -0.05) is 11.6 Å². The van der Waals surface area contributed by atoms with Gasteiger partial charge in [-0.15, -0.1) is 11.8 Å².